The van der Waals surface area contributed by atoms with Gasteiger partial charge in [-0.15, -0.1) is 0 Å². The summed E-state index contributed by atoms with van der Waals surface area (Å²) < 4.78 is 28.8. The van der Waals surface area contributed by atoms with Gasteiger partial charge in [0, 0.05) is 33.6 Å². The second-order valence-electron chi connectivity index (χ2n) is 6.32. The maximum absolute atomic E-state index is 14.7. The number of carboxylic acids is 2. The van der Waals surface area contributed by atoms with Gasteiger partial charge in [-0.25, -0.2) is 18.4 Å². The Bertz CT molecular complexity index is 1000. The molecule has 0 heterocycles. The second kappa shape index (κ2) is 9.84. The van der Waals surface area contributed by atoms with Gasteiger partial charge < -0.3 is 20.6 Å². The molecule has 2 aromatic rings. The zero-order valence-electron chi connectivity index (χ0n) is 15.0. The van der Waals surface area contributed by atoms with E-state index in [1.807, 2.05) is 5.32 Å². The number of aliphatic carboxylic acids is 2. The molecule has 0 aliphatic rings. The highest BCUT2D eigenvalue weighted by molar-refractivity contribution is 6.34. The quantitative estimate of drug-likeness (QED) is 0.470. The summed E-state index contributed by atoms with van der Waals surface area (Å²) in [6, 6.07) is 4.50. The van der Waals surface area contributed by atoms with E-state index in [4.69, 9.17) is 33.4 Å². The monoisotopic (exact) mass is 461 g/mol. The number of halogens is 4. The first-order valence-corrected chi connectivity index (χ1v) is 9.13. The van der Waals surface area contributed by atoms with E-state index in [2.05, 4.69) is 0 Å². The number of carbonyl (C=O) groups is 3. The first-order chi connectivity index (χ1) is 14.0. The van der Waals surface area contributed by atoms with E-state index in [0.717, 1.165) is 18.2 Å². The van der Waals surface area contributed by atoms with E-state index in [1.54, 1.807) is 0 Å². The van der Waals surface area contributed by atoms with E-state index in [-0.39, 0.29) is 33.2 Å². The third-order valence-corrected chi connectivity index (χ3v) is 4.69. The molecule has 2 aromatic carbocycles. The summed E-state index contributed by atoms with van der Waals surface area (Å²) in [5.41, 5.74) is -0.149. The number of hydrogen-bond acceptors (Lipinski definition) is 4. The maximum Gasteiger partial charge on any atom is 0.394 e. The molecule has 0 saturated heterocycles. The molecule has 11 heteroatoms. The molecule has 0 fully saturated rings. The Balaban J connectivity index is 2.37. The number of carbonyl (C=O) groups excluding carboxylic acids is 1. The van der Waals surface area contributed by atoms with Crippen molar-refractivity contribution in [1.29, 1.82) is 0 Å². The van der Waals surface area contributed by atoms with Crippen molar-refractivity contribution in [2.75, 3.05) is 0 Å². The lowest BCUT2D eigenvalue weighted by atomic mass is 9.97. The molecule has 7 nitrogen and oxygen atoms in total. The number of nitrogens with one attached hydrogen (secondary N) is 1. The minimum atomic E-state index is -1.93. The smallest absolute Gasteiger partial charge is 0.394 e. The predicted molar refractivity (Wildman–Crippen MR) is 103 cm³/mol. The average Bonchev–Trinajstić information content (AvgIpc) is 2.66. The standard InChI is InChI=1S/C19H15Cl2F2NO6/c20-9-1-2-14(22)12(5-9)11-7-15(23)8(4-13(11)21)3-10(6-16(25)18(27)28)24-17(26)19(29)30/h1-2,4-5,7,10,16,25H,3,6H2,(H,24,26)(H,27,28)(H,29,30). The van der Waals surface area contributed by atoms with E-state index >= 15 is 0 Å². The van der Waals surface area contributed by atoms with Crippen molar-refractivity contribution in [3.8, 4) is 11.1 Å². The molecule has 4 N–H and O–H groups in total. The Kier molecular flexibility index (Phi) is 7.71. The fourth-order valence-corrected chi connectivity index (χ4v) is 3.19. The molecule has 0 bridgehead atoms. The summed E-state index contributed by atoms with van der Waals surface area (Å²) in [5.74, 6) is -6.45. The first-order valence-electron chi connectivity index (χ1n) is 8.37. The van der Waals surface area contributed by atoms with Crippen LogP contribution >= 0.6 is 23.2 Å². The van der Waals surface area contributed by atoms with Crippen molar-refractivity contribution in [3.05, 3.63) is 57.6 Å². The summed E-state index contributed by atoms with van der Waals surface area (Å²) in [6.45, 7) is 0. The predicted octanol–water partition coefficient (Wildman–Crippen LogP) is 2.89. The lowest BCUT2D eigenvalue weighted by Gasteiger charge is -2.20. The number of hydrogen-bond donors (Lipinski definition) is 4. The molecule has 0 aliphatic heterocycles. The second-order valence-corrected chi connectivity index (χ2v) is 7.16. The van der Waals surface area contributed by atoms with E-state index in [0.29, 0.717) is 0 Å². The maximum atomic E-state index is 14.7. The van der Waals surface area contributed by atoms with Crippen LogP contribution in [-0.4, -0.2) is 45.3 Å². The number of carboxylic acid groups (broad SMARTS) is 2. The molecule has 2 rings (SSSR count). The van der Waals surface area contributed by atoms with Crippen LogP contribution in [-0.2, 0) is 20.8 Å². The van der Waals surface area contributed by atoms with Gasteiger partial charge in [-0.2, -0.15) is 0 Å². The zero-order valence-corrected chi connectivity index (χ0v) is 16.5. The molecular weight excluding hydrogens is 447 g/mol. The highest BCUT2D eigenvalue weighted by Crippen LogP contribution is 2.34. The molecule has 0 aromatic heterocycles. The summed E-state index contributed by atoms with van der Waals surface area (Å²) in [6.07, 6.45) is -2.90. The molecule has 0 saturated carbocycles. The van der Waals surface area contributed by atoms with Crippen LogP contribution in [0.2, 0.25) is 10.0 Å². The Morgan fingerprint density at radius 1 is 1.00 bits per heavy atom. The molecule has 0 radical (unpaired) electrons. The van der Waals surface area contributed by atoms with Crippen LogP contribution in [0.5, 0.6) is 0 Å². The number of amides is 1. The normalized spacial score (nSPS) is 12.8. The van der Waals surface area contributed by atoms with Crippen molar-refractivity contribution in [3.63, 3.8) is 0 Å². The third-order valence-electron chi connectivity index (χ3n) is 4.14. The van der Waals surface area contributed by atoms with Crippen LogP contribution in [0.4, 0.5) is 8.78 Å². The van der Waals surface area contributed by atoms with Gasteiger partial charge >= 0.3 is 17.8 Å². The first kappa shape index (κ1) is 23.5. The van der Waals surface area contributed by atoms with Crippen molar-refractivity contribution in [2.24, 2.45) is 0 Å². The fraction of sp³-hybridized carbons (Fsp3) is 0.211. The Labute approximate surface area is 178 Å². The summed E-state index contributed by atoms with van der Waals surface area (Å²) >= 11 is 12.0. The van der Waals surface area contributed by atoms with Gasteiger partial charge in [0.25, 0.3) is 0 Å². The largest absolute Gasteiger partial charge is 0.479 e. The van der Waals surface area contributed by atoms with Crippen LogP contribution in [0.1, 0.15) is 12.0 Å². The molecule has 160 valence electrons. The van der Waals surface area contributed by atoms with E-state index in [1.165, 1.54) is 12.1 Å². The van der Waals surface area contributed by atoms with Crippen LogP contribution in [0.3, 0.4) is 0 Å². The van der Waals surface area contributed by atoms with Crippen molar-refractivity contribution >= 4 is 41.0 Å². The van der Waals surface area contributed by atoms with Crippen LogP contribution < -0.4 is 5.32 Å². The van der Waals surface area contributed by atoms with Gasteiger partial charge in [0.15, 0.2) is 6.10 Å². The lowest BCUT2D eigenvalue weighted by molar-refractivity contribution is -0.151. The number of aliphatic hydroxyl groups is 1. The zero-order chi connectivity index (χ0) is 22.6. The number of rotatable bonds is 7. The fourth-order valence-electron chi connectivity index (χ4n) is 2.73. The van der Waals surface area contributed by atoms with E-state index in [9.17, 15) is 28.3 Å². The van der Waals surface area contributed by atoms with Crippen molar-refractivity contribution in [2.45, 2.75) is 25.0 Å². The van der Waals surface area contributed by atoms with Gasteiger partial charge in [0.2, 0.25) is 0 Å². The van der Waals surface area contributed by atoms with Crippen LogP contribution in [0.15, 0.2) is 30.3 Å². The topological polar surface area (TPSA) is 124 Å². The van der Waals surface area contributed by atoms with Crippen LogP contribution in [0.25, 0.3) is 11.1 Å². The highest BCUT2D eigenvalue weighted by atomic mass is 35.5. The van der Waals surface area contributed by atoms with Crippen molar-refractivity contribution < 1.29 is 38.5 Å². The van der Waals surface area contributed by atoms with Gasteiger partial charge in [-0.3, -0.25) is 4.79 Å². The average molecular weight is 462 g/mol. The summed E-state index contributed by atoms with van der Waals surface area (Å²) in [4.78, 5) is 33.1. The van der Waals surface area contributed by atoms with Gasteiger partial charge in [0.05, 0.1) is 0 Å². The lowest BCUT2D eigenvalue weighted by Crippen LogP contribution is -2.43. The molecule has 2 unspecified atom stereocenters. The van der Waals surface area contributed by atoms with Crippen LogP contribution in [0, 0.1) is 11.6 Å². The Morgan fingerprint density at radius 2 is 1.67 bits per heavy atom. The molecule has 0 spiro atoms. The minimum absolute atomic E-state index is 0.00890. The minimum Gasteiger partial charge on any atom is -0.479 e. The summed E-state index contributed by atoms with van der Waals surface area (Å²) in [7, 11) is 0. The molecule has 0 aliphatic carbocycles. The molecule has 30 heavy (non-hydrogen) atoms. The van der Waals surface area contributed by atoms with Gasteiger partial charge in [-0.05, 0) is 42.3 Å². The van der Waals surface area contributed by atoms with E-state index < -0.39 is 48.0 Å². The third kappa shape index (κ3) is 5.88. The summed E-state index contributed by atoms with van der Waals surface area (Å²) in [5, 5.41) is 29.2. The highest BCUT2D eigenvalue weighted by Gasteiger charge is 2.25. The van der Waals surface area contributed by atoms with Gasteiger partial charge in [0.1, 0.15) is 11.6 Å². The molecular formula is C19H15Cl2F2NO6. The number of aliphatic hydroxyl groups excluding tert-OH is 1. The Morgan fingerprint density at radius 3 is 2.27 bits per heavy atom. The van der Waals surface area contributed by atoms with Gasteiger partial charge in [-0.1, -0.05) is 23.2 Å². The number of benzene rings is 2. The van der Waals surface area contributed by atoms with Crippen molar-refractivity contribution in [1.82, 2.24) is 5.32 Å². The molecule has 2 atom stereocenters. The Hall–Kier alpha value is -2.75. The SMILES string of the molecule is O=C(O)C(=O)NC(Cc1cc(Cl)c(-c2cc(Cl)ccc2F)cc1F)CC(O)C(=O)O. The molecule has 1 amide bonds.